The van der Waals surface area contributed by atoms with Gasteiger partial charge in [-0.15, -0.1) is 0 Å². The van der Waals surface area contributed by atoms with E-state index >= 15 is 0 Å². The lowest BCUT2D eigenvalue weighted by atomic mass is 9.92. The van der Waals surface area contributed by atoms with E-state index in [1.807, 2.05) is 0 Å². The highest BCUT2D eigenvalue weighted by Gasteiger charge is 2.55. The summed E-state index contributed by atoms with van der Waals surface area (Å²) in [6.07, 6.45) is -11.1. The van der Waals surface area contributed by atoms with Gasteiger partial charge in [0.1, 0.15) is 30.5 Å². The van der Waals surface area contributed by atoms with Crippen LogP contribution in [0.5, 0.6) is 0 Å². The number of aliphatic hydroxyl groups excluding tert-OH is 3. The Bertz CT molecular complexity index is 814. The Labute approximate surface area is 172 Å². The van der Waals surface area contributed by atoms with E-state index in [0.717, 1.165) is 6.26 Å². The number of fused-ring (bicyclic) bond motifs is 2. The lowest BCUT2D eigenvalue weighted by Crippen LogP contribution is -2.61. The van der Waals surface area contributed by atoms with Gasteiger partial charge in [0, 0.05) is 5.92 Å². The molecule has 4 unspecified atom stereocenters. The van der Waals surface area contributed by atoms with Crippen molar-refractivity contribution in [1.82, 2.24) is 0 Å². The molecule has 176 valence electrons. The molecule has 0 saturated carbocycles. The first-order chi connectivity index (χ1) is 13.8. The first-order valence-corrected chi connectivity index (χ1v) is 12.0. The summed E-state index contributed by atoms with van der Waals surface area (Å²) in [6, 6.07) is 0. The Hall–Kier alpha value is -0.500. The Morgan fingerprint density at radius 1 is 1.03 bits per heavy atom. The number of hydrogen-bond donors (Lipinski definition) is 3. The van der Waals surface area contributed by atoms with Crippen LogP contribution in [0.1, 0.15) is 6.92 Å². The molecule has 2 bridgehead atoms. The molecule has 3 heterocycles. The molecular weight excluding hydrogens is 456 g/mol. The number of hydrogen-bond acceptors (Lipinski definition) is 14. The van der Waals surface area contributed by atoms with Crippen molar-refractivity contribution in [1.29, 1.82) is 0 Å². The zero-order valence-corrected chi connectivity index (χ0v) is 17.5. The number of ether oxygens (including phenoxy) is 4. The molecule has 16 heteroatoms. The maximum Gasteiger partial charge on any atom is 0.264 e. The van der Waals surface area contributed by atoms with E-state index in [4.69, 9.17) is 23.1 Å². The van der Waals surface area contributed by atoms with Crippen LogP contribution in [0.15, 0.2) is 0 Å². The highest BCUT2D eigenvalue weighted by atomic mass is 32.3. The van der Waals surface area contributed by atoms with Crippen molar-refractivity contribution in [2.24, 2.45) is 5.92 Å². The van der Waals surface area contributed by atoms with Crippen LogP contribution in [0.2, 0.25) is 0 Å². The number of aliphatic hydroxyl groups is 3. The molecule has 30 heavy (non-hydrogen) atoms. The lowest BCUT2D eigenvalue weighted by molar-refractivity contribution is -0.323. The minimum absolute atomic E-state index is 0.0523. The third-order valence-corrected chi connectivity index (χ3v) is 6.00. The topological polar surface area (TPSA) is 207 Å². The van der Waals surface area contributed by atoms with E-state index in [9.17, 15) is 36.7 Å². The maximum atomic E-state index is 11.5. The van der Waals surface area contributed by atoms with Crippen LogP contribution < -0.4 is 0 Å². The Balaban J connectivity index is 1.74. The fourth-order valence-electron chi connectivity index (χ4n) is 3.49. The Morgan fingerprint density at radius 3 is 2.30 bits per heavy atom. The predicted octanol–water partition coefficient (Wildman–Crippen LogP) is -3.61. The van der Waals surface area contributed by atoms with Crippen molar-refractivity contribution in [2.75, 3.05) is 19.5 Å². The summed E-state index contributed by atoms with van der Waals surface area (Å²) in [4.78, 5) is 0. The van der Waals surface area contributed by atoms with Crippen molar-refractivity contribution in [3.8, 4) is 0 Å². The molecule has 10 atom stereocenters. The van der Waals surface area contributed by atoms with Crippen LogP contribution in [0.4, 0.5) is 0 Å². The molecular formula is C14H23O14S2-. The van der Waals surface area contributed by atoms with Crippen molar-refractivity contribution in [3.63, 3.8) is 0 Å². The van der Waals surface area contributed by atoms with Gasteiger partial charge in [0.15, 0.2) is 18.7 Å². The van der Waals surface area contributed by atoms with Crippen LogP contribution in [0.25, 0.3) is 0 Å². The van der Waals surface area contributed by atoms with E-state index in [0.29, 0.717) is 0 Å². The zero-order valence-electron chi connectivity index (χ0n) is 15.8. The second-order valence-electron chi connectivity index (χ2n) is 7.31. The summed E-state index contributed by atoms with van der Waals surface area (Å²) in [5.41, 5.74) is 0. The molecule has 3 aliphatic heterocycles. The van der Waals surface area contributed by atoms with Gasteiger partial charge in [-0.25, -0.2) is 8.42 Å². The fourth-order valence-corrected chi connectivity index (χ4v) is 4.40. The minimum Gasteiger partial charge on any atom is -0.726 e. The molecule has 0 aromatic rings. The molecule has 3 aliphatic rings. The van der Waals surface area contributed by atoms with Crippen LogP contribution in [-0.4, -0.2) is 111 Å². The van der Waals surface area contributed by atoms with Gasteiger partial charge in [0.2, 0.25) is 10.4 Å². The van der Waals surface area contributed by atoms with Crippen molar-refractivity contribution in [2.45, 2.75) is 62.2 Å². The smallest absolute Gasteiger partial charge is 0.264 e. The highest BCUT2D eigenvalue weighted by Crippen LogP contribution is 2.36. The van der Waals surface area contributed by atoms with Gasteiger partial charge in [-0.05, 0) is 0 Å². The molecule has 3 saturated heterocycles. The van der Waals surface area contributed by atoms with Crippen LogP contribution >= 0.6 is 0 Å². The maximum absolute atomic E-state index is 11.5. The van der Waals surface area contributed by atoms with Crippen LogP contribution in [0, 0.1) is 5.92 Å². The molecule has 3 fully saturated rings. The Kier molecular flexibility index (Phi) is 7.08. The second kappa shape index (κ2) is 8.80. The molecule has 0 aromatic heterocycles. The third-order valence-electron chi connectivity index (χ3n) is 5.00. The third kappa shape index (κ3) is 5.45. The summed E-state index contributed by atoms with van der Waals surface area (Å²) < 4.78 is 85.8. The lowest BCUT2D eigenvalue weighted by Gasteiger charge is -2.44. The SMILES string of the molecule is CC1[C@@H](O[C@@H]2C3CO[C@H](O3)C(OS(C)(=O)=O)[C@H]2O)OC(COS(=O)(=O)[O-])[C@@H](O)[C@@H]1O. The van der Waals surface area contributed by atoms with E-state index in [-0.39, 0.29) is 6.61 Å². The van der Waals surface area contributed by atoms with E-state index in [1.165, 1.54) is 6.92 Å². The Morgan fingerprint density at radius 2 is 1.70 bits per heavy atom. The summed E-state index contributed by atoms with van der Waals surface area (Å²) >= 11 is 0. The summed E-state index contributed by atoms with van der Waals surface area (Å²) in [5.74, 6) is -0.873. The quantitative estimate of drug-likeness (QED) is 0.183. The van der Waals surface area contributed by atoms with Gasteiger partial charge in [-0.1, -0.05) is 6.92 Å². The molecule has 0 amide bonds. The molecule has 0 aromatic carbocycles. The summed E-state index contributed by atoms with van der Waals surface area (Å²) in [7, 11) is -9.05. The van der Waals surface area contributed by atoms with E-state index < -0.39 is 88.3 Å². The van der Waals surface area contributed by atoms with Crippen molar-refractivity contribution >= 4 is 20.5 Å². The van der Waals surface area contributed by atoms with Gasteiger partial charge in [-0.2, -0.15) is 8.42 Å². The molecule has 0 aliphatic carbocycles. The second-order valence-corrected chi connectivity index (χ2v) is 9.96. The van der Waals surface area contributed by atoms with Crippen molar-refractivity contribution in [3.05, 3.63) is 0 Å². The van der Waals surface area contributed by atoms with Crippen molar-refractivity contribution < 1.29 is 64.0 Å². The molecule has 0 radical (unpaired) electrons. The molecule has 14 nitrogen and oxygen atoms in total. The summed E-state index contributed by atoms with van der Waals surface area (Å²) in [5, 5.41) is 30.9. The largest absolute Gasteiger partial charge is 0.726 e. The molecule has 0 spiro atoms. The first kappa shape index (κ1) is 24.1. The fraction of sp³-hybridized carbons (Fsp3) is 1.00. The van der Waals surface area contributed by atoms with Gasteiger partial charge in [0.25, 0.3) is 10.1 Å². The number of rotatable bonds is 7. The van der Waals surface area contributed by atoms with Gasteiger partial charge < -0.3 is 38.8 Å². The van der Waals surface area contributed by atoms with E-state index in [1.54, 1.807) is 0 Å². The molecule has 3 N–H and O–H groups in total. The predicted molar refractivity (Wildman–Crippen MR) is 90.7 cm³/mol. The molecule has 3 rings (SSSR count). The van der Waals surface area contributed by atoms with Gasteiger partial charge in [-0.3, -0.25) is 8.37 Å². The average Bonchev–Trinajstić information content (AvgIpc) is 3.06. The van der Waals surface area contributed by atoms with Gasteiger partial charge >= 0.3 is 0 Å². The normalized spacial score (nSPS) is 44.9. The average molecular weight is 479 g/mol. The van der Waals surface area contributed by atoms with Crippen LogP contribution in [0.3, 0.4) is 0 Å². The minimum atomic E-state index is -5.08. The van der Waals surface area contributed by atoms with E-state index in [2.05, 4.69) is 4.18 Å². The first-order valence-electron chi connectivity index (χ1n) is 8.87. The zero-order chi connectivity index (χ0) is 22.4. The van der Waals surface area contributed by atoms with Crippen LogP contribution in [-0.2, 0) is 47.8 Å². The summed E-state index contributed by atoms with van der Waals surface area (Å²) in [6.45, 7) is 0.520. The highest BCUT2D eigenvalue weighted by molar-refractivity contribution is 7.86. The van der Waals surface area contributed by atoms with Gasteiger partial charge in [0.05, 0.1) is 25.6 Å². The monoisotopic (exact) mass is 479 g/mol. The standard InChI is InChI=1S/C14H24O14S2/c1-5-8(15)9(16)6(4-24-30(20,21)22)25-13(5)27-11-7-3-23-14(26-7)12(10(11)17)28-29(2,18)19/h5-17H,3-4H2,1-2H3,(H,20,21,22)/p-1/t5?,6?,7?,8-,9-,10+,11-,12?,13-,14-/m1/s1.